The first-order valence-electron chi connectivity index (χ1n) is 26.9. The van der Waals surface area contributed by atoms with Gasteiger partial charge >= 0.3 is 0 Å². The Kier molecular flexibility index (Phi) is 21.8. The van der Waals surface area contributed by atoms with E-state index in [1.165, 1.54) is 19.5 Å². The summed E-state index contributed by atoms with van der Waals surface area (Å²) < 4.78 is 71.8. The summed E-state index contributed by atoms with van der Waals surface area (Å²) >= 11 is 6.79. The lowest BCUT2D eigenvalue weighted by Crippen LogP contribution is -2.09. The van der Waals surface area contributed by atoms with Crippen molar-refractivity contribution >= 4 is 78.2 Å². The molecule has 0 aliphatic heterocycles. The molecule has 0 saturated heterocycles. The van der Waals surface area contributed by atoms with Gasteiger partial charge in [0.1, 0.15) is 11.6 Å². The van der Waals surface area contributed by atoms with Gasteiger partial charge in [-0.3, -0.25) is 0 Å². The maximum Gasteiger partial charge on any atom is 0.132 e. The van der Waals surface area contributed by atoms with Crippen LogP contribution in [0.2, 0.25) is 0 Å². The molecule has 2 aromatic carbocycles. The largest absolute Gasteiger partial charge is 0.382 e. The van der Waals surface area contributed by atoms with Gasteiger partial charge in [0.25, 0.3) is 0 Å². The first-order valence-corrected chi connectivity index (χ1v) is 30.2. The number of hydrogen-bond donors (Lipinski definition) is 0. The van der Waals surface area contributed by atoms with E-state index >= 15 is 8.78 Å². The molecule has 74 heavy (non-hydrogen) atoms. The molecule has 400 valence electrons. The van der Waals surface area contributed by atoms with Crippen molar-refractivity contribution in [3.05, 3.63) is 94.2 Å². The standard InChI is InChI=1S/C60H76F2N2O6S4/c1-7-11-41(9-3)21-25-63-51-39-45(53-17-19-57(73-53)55-15-13-43(71-55)23-27-67-33-35-69-31-29-65-5)49(61)37-47(51)60-59(63)48-38-50(62)46(40-52(48)64(60)26-22-42(10-4)12-8-2)54-18-20-58(74-54)56-16-14-44(72-56)24-28-68-34-36-70-32-30-66-6/h13-20,37-42H,7-12,21-36H2,1-6H3. The Hall–Kier alpha value is -3.80. The van der Waals surface area contributed by atoms with Crippen LogP contribution in [0, 0.1) is 23.5 Å². The summed E-state index contributed by atoms with van der Waals surface area (Å²) in [6.07, 6.45) is 10.4. The number of thiophene rings is 4. The second kappa shape index (κ2) is 28.5. The molecule has 6 heterocycles. The molecule has 0 amide bonds. The van der Waals surface area contributed by atoms with Crippen molar-refractivity contribution < 1.29 is 37.2 Å². The number of aryl methyl sites for hydroxylation is 2. The highest BCUT2D eigenvalue weighted by molar-refractivity contribution is 7.24. The molecule has 0 fully saturated rings. The first-order chi connectivity index (χ1) is 36.3. The van der Waals surface area contributed by atoms with Crippen molar-refractivity contribution in [2.45, 2.75) is 105 Å². The molecule has 0 bridgehead atoms. The van der Waals surface area contributed by atoms with Crippen LogP contribution in [0.5, 0.6) is 0 Å². The fourth-order valence-corrected chi connectivity index (χ4v) is 14.4. The second-order valence-electron chi connectivity index (χ2n) is 19.2. The number of benzene rings is 2. The van der Waals surface area contributed by atoms with E-state index in [4.69, 9.17) is 28.4 Å². The Bertz CT molecular complexity index is 2780. The first kappa shape index (κ1) is 56.4. The van der Waals surface area contributed by atoms with Gasteiger partial charge in [-0.05, 0) is 97.5 Å². The zero-order valence-corrected chi connectivity index (χ0v) is 47.6. The maximum absolute atomic E-state index is 17.1. The fourth-order valence-electron chi connectivity index (χ4n) is 10.2. The molecule has 8 rings (SSSR count). The van der Waals surface area contributed by atoms with E-state index in [0.29, 0.717) is 89.0 Å². The number of rotatable bonds is 34. The number of aromatic nitrogens is 2. The second-order valence-corrected chi connectivity index (χ2v) is 23.7. The molecule has 2 unspecified atom stereocenters. The number of ether oxygens (including phenoxy) is 6. The lowest BCUT2D eigenvalue weighted by molar-refractivity contribution is 0.0256. The Morgan fingerprint density at radius 2 is 0.797 bits per heavy atom. The monoisotopic (exact) mass is 1090 g/mol. The zero-order valence-electron chi connectivity index (χ0n) is 44.4. The van der Waals surface area contributed by atoms with Crippen LogP contribution in [0.3, 0.4) is 0 Å². The lowest BCUT2D eigenvalue weighted by Gasteiger charge is -2.16. The quantitative estimate of drug-likeness (QED) is 0.0375. The number of methoxy groups -OCH3 is 2. The third-order valence-corrected chi connectivity index (χ3v) is 19.2. The van der Waals surface area contributed by atoms with E-state index in [9.17, 15) is 0 Å². The highest BCUT2D eigenvalue weighted by atomic mass is 32.1. The molecular formula is C60H76F2N2O6S4. The van der Waals surface area contributed by atoms with Crippen LogP contribution in [-0.2, 0) is 54.4 Å². The molecule has 0 aliphatic carbocycles. The Morgan fingerprint density at radius 3 is 1.19 bits per heavy atom. The van der Waals surface area contributed by atoms with Crippen molar-refractivity contribution in [1.29, 1.82) is 0 Å². The van der Waals surface area contributed by atoms with Gasteiger partial charge in [0, 0.05) is 101 Å². The van der Waals surface area contributed by atoms with Crippen molar-refractivity contribution in [2.75, 3.05) is 80.3 Å². The van der Waals surface area contributed by atoms with Crippen molar-refractivity contribution in [3.8, 4) is 40.4 Å². The molecule has 0 spiro atoms. The van der Waals surface area contributed by atoms with Gasteiger partial charge in [-0.15, -0.1) is 45.3 Å². The highest BCUT2D eigenvalue weighted by Crippen LogP contribution is 2.46. The van der Waals surface area contributed by atoms with Crippen LogP contribution >= 0.6 is 45.3 Å². The van der Waals surface area contributed by atoms with Crippen molar-refractivity contribution in [3.63, 3.8) is 0 Å². The van der Waals surface area contributed by atoms with Gasteiger partial charge in [-0.2, -0.15) is 0 Å². The zero-order chi connectivity index (χ0) is 51.8. The maximum atomic E-state index is 17.1. The summed E-state index contributed by atoms with van der Waals surface area (Å²) in [5.74, 6) is 0.639. The Labute approximate surface area is 453 Å². The van der Waals surface area contributed by atoms with E-state index in [2.05, 4.69) is 97.5 Å². The van der Waals surface area contributed by atoms with Crippen LogP contribution < -0.4 is 0 Å². The average molecular weight is 1090 g/mol. The number of halogens is 2. The molecule has 14 heteroatoms. The summed E-state index contributed by atoms with van der Waals surface area (Å²) in [6, 6.07) is 24.8. The van der Waals surface area contributed by atoms with Gasteiger partial charge in [0.15, 0.2) is 0 Å². The average Bonchev–Trinajstić information content (AvgIpc) is 4.31. The van der Waals surface area contributed by atoms with Gasteiger partial charge in [-0.1, -0.05) is 66.2 Å². The summed E-state index contributed by atoms with van der Waals surface area (Å²) in [6.45, 7) is 16.4. The Morgan fingerprint density at radius 1 is 0.432 bits per heavy atom. The summed E-state index contributed by atoms with van der Waals surface area (Å²) in [5, 5.41) is 1.78. The van der Waals surface area contributed by atoms with Crippen LogP contribution in [0.4, 0.5) is 8.78 Å². The van der Waals surface area contributed by atoms with E-state index < -0.39 is 0 Å². The normalized spacial score (nSPS) is 12.9. The van der Waals surface area contributed by atoms with Crippen molar-refractivity contribution in [1.82, 2.24) is 9.13 Å². The fraction of sp³-hybridized carbons (Fsp3) is 0.500. The van der Waals surface area contributed by atoms with E-state index in [1.54, 1.807) is 71.7 Å². The minimum absolute atomic E-state index is 0.239. The topological polar surface area (TPSA) is 65.2 Å². The SMILES string of the molecule is CCCC(CC)CCn1c2cc(-c3ccc(-c4ccc(CCOCCOCCOC)s4)s3)c(F)cc2c2c1c1cc(F)c(-c3ccc(-c4ccc(CCOCCOCCOC)s4)s3)cc1n2CCC(CC)CCC. The minimum atomic E-state index is -0.239. The van der Waals surface area contributed by atoms with Gasteiger partial charge in [0.2, 0.25) is 0 Å². The summed E-state index contributed by atoms with van der Waals surface area (Å²) in [5.41, 5.74) is 5.24. The third-order valence-electron chi connectivity index (χ3n) is 14.2. The molecule has 0 saturated carbocycles. The molecule has 8 nitrogen and oxygen atoms in total. The van der Waals surface area contributed by atoms with Gasteiger partial charge in [0.05, 0.1) is 88.1 Å². The van der Waals surface area contributed by atoms with E-state index in [1.807, 2.05) is 0 Å². The number of fused-ring (bicyclic) bond motifs is 5. The van der Waals surface area contributed by atoms with Crippen LogP contribution in [0.25, 0.3) is 73.2 Å². The molecule has 0 aliphatic rings. The van der Waals surface area contributed by atoms with E-state index in [-0.39, 0.29) is 11.6 Å². The van der Waals surface area contributed by atoms with Crippen LogP contribution in [-0.4, -0.2) is 89.4 Å². The number of hydrogen-bond acceptors (Lipinski definition) is 10. The van der Waals surface area contributed by atoms with Crippen LogP contribution in [0.15, 0.2) is 72.8 Å². The van der Waals surface area contributed by atoms with Gasteiger partial charge < -0.3 is 37.6 Å². The van der Waals surface area contributed by atoms with E-state index in [0.717, 1.165) is 130 Å². The molecule has 0 N–H and O–H groups in total. The van der Waals surface area contributed by atoms with Crippen molar-refractivity contribution in [2.24, 2.45) is 11.8 Å². The lowest BCUT2D eigenvalue weighted by atomic mass is 9.97. The molecule has 2 atom stereocenters. The van der Waals surface area contributed by atoms with Crippen LogP contribution in [0.1, 0.15) is 88.8 Å². The molecule has 8 aromatic rings. The van der Waals surface area contributed by atoms with Gasteiger partial charge in [-0.25, -0.2) is 8.78 Å². The predicted molar refractivity (Wildman–Crippen MR) is 309 cm³/mol. The smallest absolute Gasteiger partial charge is 0.132 e. The number of nitrogens with zero attached hydrogens (tertiary/aromatic N) is 2. The molecular weight excluding hydrogens is 1010 g/mol. The predicted octanol–water partition coefficient (Wildman–Crippen LogP) is 16.8. The molecule has 6 aromatic heterocycles. The minimum Gasteiger partial charge on any atom is -0.382 e. The summed E-state index contributed by atoms with van der Waals surface area (Å²) in [7, 11) is 3.33. The third kappa shape index (κ3) is 14.0. The Balaban J connectivity index is 1.12. The summed E-state index contributed by atoms with van der Waals surface area (Å²) in [4.78, 5) is 8.86. The molecule has 0 radical (unpaired) electrons. The highest BCUT2D eigenvalue weighted by Gasteiger charge is 2.26.